The van der Waals surface area contributed by atoms with E-state index in [0.717, 1.165) is 68.4 Å². The number of hydrogen-bond acceptors (Lipinski definition) is 5. The maximum Gasteiger partial charge on any atom is 0.333 e. The third kappa shape index (κ3) is 4.05. The number of rotatable bonds is 3. The topological polar surface area (TPSA) is 68.0 Å². The van der Waals surface area contributed by atoms with Crippen LogP contribution in [0, 0.1) is 0 Å². The summed E-state index contributed by atoms with van der Waals surface area (Å²) in [5.41, 5.74) is 6.93. The number of pyridine rings is 2. The van der Waals surface area contributed by atoms with Crippen LogP contribution in [0.3, 0.4) is 0 Å². The van der Waals surface area contributed by atoms with Gasteiger partial charge in [-0.05, 0) is 61.9 Å². The van der Waals surface area contributed by atoms with Crippen molar-refractivity contribution in [1.82, 2.24) is 24.4 Å². The highest BCUT2D eigenvalue weighted by Crippen LogP contribution is 2.33. The van der Waals surface area contributed by atoms with E-state index in [4.69, 9.17) is 11.6 Å². The fourth-order valence-corrected chi connectivity index (χ4v) is 6.35. The molecule has 40 heavy (non-hydrogen) atoms. The minimum Gasteiger partial charge on any atom is -0.367 e. The number of para-hydroxylation sites is 1. The molecular formula is C32H29ClN6O. The highest BCUT2D eigenvalue weighted by atomic mass is 35.5. The van der Waals surface area contributed by atoms with Gasteiger partial charge in [0, 0.05) is 54.8 Å². The summed E-state index contributed by atoms with van der Waals surface area (Å²) in [5.74, 6) is 0. The number of benzene rings is 3. The molecule has 7 nitrogen and oxygen atoms in total. The zero-order valence-corrected chi connectivity index (χ0v) is 23.4. The van der Waals surface area contributed by atoms with E-state index < -0.39 is 0 Å². The minimum atomic E-state index is -0.143. The van der Waals surface area contributed by atoms with Gasteiger partial charge in [-0.1, -0.05) is 35.9 Å². The maximum absolute atomic E-state index is 13.6. The molecule has 0 unspecified atom stereocenters. The Labute approximate surface area is 236 Å². The molecule has 0 radical (unpaired) electrons. The average molecular weight is 549 g/mol. The van der Waals surface area contributed by atoms with E-state index in [1.165, 1.54) is 0 Å². The molecule has 1 fully saturated rings. The normalized spacial score (nSPS) is 17.8. The number of hydrogen-bond donors (Lipinski definition) is 1. The van der Waals surface area contributed by atoms with Crippen molar-refractivity contribution in [2.24, 2.45) is 7.05 Å². The summed E-state index contributed by atoms with van der Waals surface area (Å²) in [4.78, 5) is 25.3. The van der Waals surface area contributed by atoms with Gasteiger partial charge in [0.15, 0.2) is 0 Å². The van der Waals surface area contributed by atoms with Crippen LogP contribution in [0.5, 0.6) is 0 Å². The second kappa shape index (κ2) is 9.47. The molecule has 1 N–H and O–H groups in total. The van der Waals surface area contributed by atoms with Gasteiger partial charge < -0.3 is 10.2 Å². The molecule has 200 valence electrons. The summed E-state index contributed by atoms with van der Waals surface area (Å²) in [7, 11) is 1.78. The molecule has 0 aliphatic carbocycles. The Hall–Kier alpha value is -4.20. The number of aromatic nitrogens is 4. The van der Waals surface area contributed by atoms with Crippen molar-refractivity contribution in [1.29, 1.82) is 0 Å². The third-order valence-corrected chi connectivity index (χ3v) is 8.20. The number of nitrogens with one attached hydrogen (secondary N) is 1. The quantitative estimate of drug-likeness (QED) is 0.297. The number of halogens is 1. The highest BCUT2D eigenvalue weighted by molar-refractivity contribution is 6.33. The van der Waals surface area contributed by atoms with E-state index in [0.29, 0.717) is 17.1 Å². The molecule has 3 aromatic carbocycles. The third-order valence-electron chi connectivity index (χ3n) is 7.89. The lowest BCUT2D eigenvalue weighted by Gasteiger charge is -2.38. The molecule has 4 heterocycles. The Morgan fingerprint density at radius 3 is 2.45 bits per heavy atom. The number of nitrogens with zero attached hydrogens (tertiary/aromatic N) is 5. The molecule has 1 saturated heterocycles. The zero-order chi connectivity index (χ0) is 27.5. The van der Waals surface area contributed by atoms with E-state index >= 15 is 0 Å². The lowest BCUT2D eigenvalue weighted by atomic mass is 10.0. The maximum atomic E-state index is 13.6. The molecule has 0 spiro atoms. The van der Waals surface area contributed by atoms with E-state index in [2.05, 4.69) is 58.3 Å². The zero-order valence-electron chi connectivity index (χ0n) is 22.6. The average Bonchev–Trinajstić information content (AvgIpc) is 3.21. The Balaban J connectivity index is 1.39. The van der Waals surface area contributed by atoms with Crippen LogP contribution in [-0.2, 0) is 7.05 Å². The van der Waals surface area contributed by atoms with Crippen LogP contribution in [-0.4, -0.2) is 44.3 Å². The predicted molar refractivity (Wildman–Crippen MR) is 164 cm³/mol. The largest absolute Gasteiger partial charge is 0.367 e. The van der Waals surface area contributed by atoms with Gasteiger partial charge in [0.1, 0.15) is 0 Å². The van der Waals surface area contributed by atoms with Crippen LogP contribution in [0.1, 0.15) is 13.8 Å². The number of imidazole rings is 1. The standard InChI is InChI=1S/C32H29ClN6O/c1-19-17-38(18-20(2)36-19)29-11-9-24(14-26(29)33)39-31-25-13-21(23-12-22-6-4-5-7-27(22)34-15-23)8-10-28(25)35-16-30(31)37(3)32(39)40/h4-16,19-20,36H,17-18H2,1-3H3/t19-,20+. The van der Waals surface area contributed by atoms with Crippen molar-refractivity contribution in [2.45, 2.75) is 25.9 Å². The molecule has 7 rings (SSSR count). The number of anilines is 1. The number of fused-ring (bicyclic) bond motifs is 4. The van der Waals surface area contributed by atoms with Gasteiger partial charge in [-0.2, -0.15) is 0 Å². The van der Waals surface area contributed by atoms with Crippen molar-refractivity contribution in [3.63, 3.8) is 0 Å². The van der Waals surface area contributed by atoms with Gasteiger partial charge in [0.2, 0.25) is 0 Å². The van der Waals surface area contributed by atoms with Crippen molar-refractivity contribution < 1.29 is 0 Å². The lowest BCUT2D eigenvalue weighted by Crippen LogP contribution is -2.54. The second-order valence-corrected chi connectivity index (χ2v) is 11.2. The Morgan fingerprint density at radius 2 is 1.65 bits per heavy atom. The van der Waals surface area contributed by atoms with Gasteiger partial charge in [0.25, 0.3) is 0 Å². The van der Waals surface area contributed by atoms with Gasteiger partial charge in [-0.25, -0.2) is 4.79 Å². The summed E-state index contributed by atoms with van der Waals surface area (Å²) in [6.07, 6.45) is 3.66. The molecule has 6 aromatic rings. The van der Waals surface area contributed by atoms with Crippen LogP contribution in [0.15, 0.2) is 83.9 Å². The molecule has 0 amide bonds. The van der Waals surface area contributed by atoms with Crippen LogP contribution in [0.2, 0.25) is 5.02 Å². The van der Waals surface area contributed by atoms with Crippen molar-refractivity contribution >= 4 is 50.1 Å². The minimum absolute atomic E-state index is 0.143. The second-order valence-electron chi connectivity index (χ2n) is 10.8. The molecule has 3 aromatic heterocycles. The first-order chi connectivity index (χ1) is 19.4. The molecule has 1 aliphatic heterocycles. The van der Waals surface area contributed by atoms with Crippen LogP contribution >= 0.6 is 11.6 Å². The van der Waals surface area contributed by atoms with Gasteiger partial charge in [-0.15, -0.1) is 0 Å². The van der Waals surface area contributed by atoms with E-state index in [9.17, 15) is 4.79 Å². The van der Waals surface area contributed by atoms with Crippen molar-refractivity contribution in [3.8, 4) is 16.8 Å². The monoisotopic (exact) mass is 548 g/mol. The van der Waals surface area contributed by atoms with Crippen LogP contribution in [0.4, 0.5) is 5.69 Å². The number of aryl methyl sites for hydroxylation is 1. The summed E-state index contributed by atoms with van der Waals surface area (Å²) in [5, 5.41) is 6.17. The number of piperazine rings is 1. The smallest absolute Gasteiger partial charge is 0.333 e. The lowest BCUT2D eigenvalue weighted by molar-refractivity contribution is 0.407. The van der Waals surface area contributed by atoms with Gasteiger partial charge in [-0.3, -0.25) is 19.1 Å². The SMILES string of the molecule is C[C@@H]1CN(c2ccc(-n3c(=O)n(C)c4cnc5ccc(-c6cnc7ccccc7c6)cc5c43)cc2Cl)C[C@H](C)N1. The van der Waals surface area contributed by atoms with Gasteiger partial charge in [0.05, 0.1) is 44.7 Å². The Kier molecular flexibility index (Phi) is 5.87. The molecular weight excluding hydrogens is 520 g/mol. The molecule has 1 aliphatic rings. The molecule has 2 atom stereocenters. The van der Waals surface area contributed by atoms with E-state index in [1.54, 1.807) is 22.4 Å². The Bertz CT molecular complexity index is 1980. The van der Waals surface area contributed by atoms with Crippen LogP contribution in [0.25, 0.3) is 49.7 Å². The van der Waals surface area contributed by atoms with Gasteiger partial charge >= 0.3 is 5.69 Å². The predicted octanol–water partition coefficient (Wildman–Crippen LogP) is 5.93. The molecule has 0 saturated carbocycles. The molecule has 8 heteroatoms. The summed E-state index contributed by atoms with van der Waals surface area (Å²) in [6.45, 7) is 6.12. The van der Waals surface area contributed by atoms with Crippen LogP contribution < -0.4 is 15.9 Å². The first-order valence-corrected chi connectivity index (χ1v) is 13.9. The highest BCUT2D eigenvalue weighted by Gasteiger charge is 2.24. The van der Waals surface area contributed by atoms with E-state index in [-0.39, 0.29) is 5.69 Å². The fourth-order valence-electron chi connectivity index (χ4n) is 6.06. The first-order valence-electron chi connectivity index (χ1n) is 13.5. The molecule has 0 bridgehead atoms. The fraction of sp³-hybridized carbons (Fsp3) is 0.219. The summed E-state index contributed by atoms with van der Waals surface area (Å²) in [6, 6.07) is 23.0. The summed E-state index contributed by atoms with van der Waals surface area (Å²) >= 11 is 6.89. The first kappa shape index (κ1) is 24.8. The van der Waals surface area contributed by atoms with Crippen molar-refractivity contribution in [2.75, 3.05) is 18.0 Å². The summed E-state index contributed by atoms with van der Waals surface area (Å²) < 4.78 is 3.40. The Morgan fingerprint density at radius 1 is 0.875 bits per heavy atom. The van der Waals surface area contributed by atoms with Crippen molar-refractivity contribution in [3.05, 3.63) is 94.6 Å². The van der Waals surface area contributed by atoms with E-state index in [1.807, 2.05) is 48.7 Å².